The van der Waals surface area contributed by atoms with Crippen molar-refractivity contribution in [3.05, 3.63) is 126 Å². The molecule has 0 atom stereocenters. The molecule has 4 aromatic rings. The second kappa shape index (κ2) is 11.2. The van der Waals surface area contributed by atoms with Gasteiger partial charge in [-0.25, -0.2) is 0 Å². The average molecular weight is 637 g/mol. The molecule has 5 rings (SSSR count). The van der Waals surface area contributed by atoms with Crippen LogP contribution in [0.4, 0.5) is 0 Å². The Morgan fingerprint density at radius 1 is 0.789 bits per heavy atom. The van der Waals surface area contributed by atoms with Crippen LogP contribution in [0.3, 0.4) is 0 Å². The highest BCUT2D eigenvalue weighted by molar-refractivity contribution is 14.1. The van der Waals surface area contributed by atoms with E-state index in [2.05, 4.69) is 6.07 Å². The van der Waals surface area contributed by atoms with Gasteiger partial charge in [0.15, 0.2) is 0 Å². The molecule has 0 N–H and O–H groups in total. The lowest BCUT2D eigenvalue weighted by Gasteiger charge is -2.18. The molecule has 0 unspecified atom stereocenters. The molecular formula is C30H25IN2O4S. The van der Waals surface area contributed by atoms with Crippen LogP contribution in [-0.4, -0.2) is 27.5 Å². The lowest BCUT2D eigenvalue weighted by Crippen LogP contribution is -2.29. The smallest absolute Gasteiger partial charge is 0.268 e. The maximum atomic E-state index is 13.3. The number of amides is 2. The van der Waals surface area contributed by atoms with Gasteiger partial charge in [0.25, 0.3) is 17.4 Å². The van der Waals surface area contributed by atoms with E-state index < -0.39 is 0 Å². The third kappa shape index (κ3) is 5.02. The van der Waals surface area contributed by atoms with E-state index in [9.17, 15) is 14.4 Å². The van der Waals surface area contributed by atoms with Gasteiger partial charge < -0.3 is 9.30 Å². The molecule has 6 nitrogen and oxygen atoms in total. The number of carbonyl (C=O) groups excluding carboxylic acids is 2. The lowest BCUT2D eigenvalue weighted by atomic mass is 10.1. The van der Waals surface area contributed by atoms with Crippen LogP contribution in [0.25, 0.3) is 0 Å². The number of fused-ring (bicyclic) bond motifs is 1. The zero-order chi connectivity index (χ0) is 26.8. The van der Waals surface area contributed by atoms with Gasteiger partial charge in [-0.05, 0) is 70.7 Å². The monoisotopic (exact) mass is 636 g/mol. The van der Waals surface area contributed by atoms with Crippen molar-refractivity contribution in [2.24, 2.45) is 0 Å². The Labute approximate surface area is 238 Å². The van der Waals surface area contributed by atoms with Crippen molar-refractivity contribution < 1.29 is 14.3 Å². The number of carbonyl (C=O) groups is 2. The van der Waals surface area contributed by atoms with Crippen LogP contribution < -0.4 is 10.3 Å². The fourth-order valence-corrected chi connectivity index (χ4v) is 5.79. The summed E-state index contributed by atoms with van der Waals surface area (Å²) in [4.78, 5) is 41.4. The predicted octanol–water partition coefficient (Wildman–Crippen LogP) is 5.91. The van der Waals surface area contributed by atoms with Gasteiger partial charge in [0.1, 0.15) is 15.9 Å². The summed E-state index contributed by atoms with van der Waals surface area (Å²) >= 11 is 3.71. The molecular weight excluding hydrogens is 611 g/mol. The highest BCUT2D eigenvalue weighted by atomic mass is 127. The third-order valence-corrected chi connectivity index (χ3v) is 8.48. The average Bonchev–Trinajstić information content (AvgIpc) is 3.18. The molecule has 2 amide bonds. The van der Waals surface area contributed by atoms with Gasteiger partial charge in [-0.2, -0.15) is 0 Å². The maximum Gasteiger partial charge on any atom is 0.268 e. The van der Waals surface area contributed by atoms with Gasteiger partial charge in [-0.1, -0.05) is 54.6 Å². The molecule has 0 saturated carbocycles. The summed E-state index contributed by atoms with van der Waals surface area (Å²) in [6.45, 7) is 2.75. The molecule has 1 aromatic heterocycles. The first-order valence-electron chi connectivity index (χ1n) is 12.1. The fraction of sp³-hybridized carbons (Fsp3) is 0.167. The number of halogens is 1. The zero-order valence-corrected chi connectivity index (χ0v) is 23.9. The second-order valence-electron chi connectivity index (χ2n) is 8.97. The van der Waals surface area contributed by atoms with E-state index in [-0.39, 0.29) is 30.5 Å². The van der Waals surface area contributed by atoms with Crippen molar-refractivity contribution in [3.8, 4) is 5.75 Å². The molecule has 0 radical (unpaired) electrons. The standard InChI is InChI=1S/C30H25IN2O4S/c1-19-15-25(27(31)30(36)32(19)17-21-10-5-8-14-26(21)38-2)37-18-22-11-4-3-9-20(22)16-33-28(34)23-12-6-7-13-24(23)29(33)35/h3-15H,16-18H2,1-2H3. The number of hydrogen-bond acceptors (Lipinski definition) is 5. The third-order valence-electron chi connectivity index (χ3n) is 6.64. The largest absolute Gasteiger partial charge is 0.488 e. The number of ether oxygens (including phenoxy) is 1. The molecule has 38 heavy (non-hydrogen) atoms. The Morgan fingerprint density at radius 3 is 2.03 bits per heavy atom. The Hall–Kier alpha value is -3.37. The number of thioether (sulfide) groups is 1. The van der Waals surface area contributed by atoms with Crippen molar-refractivity contribution >= 4 is 46.2 Å². The van der Waals surface area contributed by atoms with Crippen molar-refractivity contribution in [2.75, 3.05) is 6.26 Å². The Bertz CT molecular complexity index is 1580. The first-order chi connectivity index (χ1) is 18.4. The van der Waals surface area contributed by atoms with Gasteiger partial charge in [-0.3, -0.25) is 19.3 Å². The van der Waals surface area contributed by atoms with E-state index in [0.717, 1.165) is 27.3 Å². The minimum absolute atomic E-state index is 0.101. The topological polar surface area (TPSA) is 68.6 Å². The Morgan fingerprint density at radius 2 is 1.37 bits per heavy atom. The van der Waals surface area contributed by atoms with Crippen molar-refractivity contribution in [1.29, 1.82) is 0 Å². The number of imide groups is 1. The summed E-state index contributed by atoms with van der Waals surface area (Å²) in [6.07, 6.45) is 2.03. The number of nitrogens with zero attached hydrogens (tertiary/aromatic N) is 2. The van der Waals surface area contributed by atoms with Crippen molar-refractivity contribution in [1.82, 2.24) is 9.47 Å². The first-order valence-corrected chi connectivity index (χ1v) is 14.4. The SMILES string of the molecule is CSc1ccccc1Cn1c(C)cc(OCc2ccccc2CN2C(=O)c3ccccc3C2=O)c(I)c1=O. The Balaban J connectivity index is 1.35. The highest BCUT2D eigenvalue weighted by Gasteiger charge is 2.35. The molecule has 192 valence electrons. The predicted molar refractivity (Wildman–Crippen MR) is 157 cm³/mol. The van der Waals surface area contributed by atoms with Crippen molar-refractivity contribution in [3.63, 3.8) is 0 Å². The normalized spacial score (nSPS) is 12.7. The van der Waals surface area contributed by atoms with Crippen molar-refractivity contribution in [2.45, 2.75) is 31.5 Å². The molecule has 0 spiro atoms. The minimum Gasteiger partial charge on any atom is -0.488 e. The number of rotatable bonds is 8. The molecule has 1 aliphatic heterocycles. The summed E-state index contributed by atoms with van der Waals surface area (Å²) in [5.74, 6) is -0.0747. The molecule has 1 aliphatic rings. The number of pyridine rings is 1. The minimum atomic E-state index is -0.293. The quantitative estimate of drug-likeness (QED) is 0.137. The second-order valence-corrected chi connectivity index (χ2v) is 10.9. The molecule has 0 saturated heterocycles. The molecule has 8 heteroatoms. The van der Waals surface area contributed by atoms with Gasteiger partial charge in [-0.15, -0.1) is 11.8 Å². The number of aromatic nitrogens is 1. The van der Waals surface area contributed by atoms with Gasteiger partial charge in [0.05, 0.1) is 24.2 Å². The number of aryl methyl sites for hydroxylation is 1. The molecule has 3 aromatic carbocycles. The molecule has 2 heterocycles. The number of hydrogen-bond donors (Lipinski definition) is 0. The van der Waals surface area contributed by atoms with Crippen LogP contribution in [0.2, 0.25) is 0 Å². The molecule has 0 fully saturated rings. The molecule has 0 aliphatic carbocycles. The van der Waals surface area contributed by atoms with Crippen LogP contribution in [0.15, 0.2) is 88.6 Å². The van der Waals surface area contributed by atoms with Crippen LogP contribution in [0, 0.1) is 10.5 Å². The van der Waals surface area contributed by atoms with Crippen LogP contribution >= 0.6 is 34.4 Å². The van der Waals surface area contributed by atoms with Gasteiger partial charge in [0, 0.05) is 16.7 Å². The summed E-state index contributed by atoms with van der Waals surface area (Å²) in [5.41, 5.74) is 4.31. The van der Waals surface area contributed by atoms with E-state index in [0.29, 0.717) is 27.0 Å². The van der Waals surface area contributed by atoms with E-state index in [1.54, 1.807) is 40.6 Å². The Kier molecular flexibility index (Phi) is 7.71. The van der Waals surface area contributed by atoms with E-state index in [1.165, 1.54) is 4.90 Å². The van der Waals surface area contributed by atoms with Crippen LogP contribution in [-0.2, 0) is 19.7 Å². The van der Waals surface area contributed by atoms with Crippen LogP contribution in [0.5, 0.6) is 5.75 Å². The van der Waals surface area contributed by atoms with E-state index >= 15 is 0 Å². The summed E-state index contributed by atoms with van der Waals surface area (Å²) < 4.78 is 8.41. The summed E-state index contributed by atoms with van der Waals surface area (Å²) in [6, 6.07) is 24.4. The van der Waals surface area contributed by atoms with E-state index in [4.69, 9.17) is 4.74 Å². The molecule has 0 bridgehead atoms. The lowest BCUT2D eigenvalue weighted by molar-refractivity contribution is 0.0641. The first kappa shape index (κ1) is 26.2. The van der Waals surface area contributed by atoms with E-state index in [1.807, 2.05) is 84.3 Å². The zero-order valence-electron chi connectivity index (χ0n) is 20.9. The summed E-state index contributed by atoms with van der Waals surface area (Å²) in [5, 5.41) is 0. The van der Waals surface area contributed by atoms with Gasteiger partial charge >= 0.3 is 0 Å². The van der Waals surface area contributed by atoms with Gasteiger partial charge in [0.2, 0.25) is 0 Å². The van der Waals surface area contributed by atoms with Crippen LogP contribution in [0.1, 0.15) is 43.1 Å². The summed E-state index contributed by atoms with van der Waals surface area (Å²) in [7, 11) is 0. The highest BCUT2D eigenvalue weighted by Crippen LogP contribution is 2.27. The maximum absolute atomic E-state index is 13.3. The fourth-order valence-electron chi connectivity index (χ4n) is 4.58. The number of benzene rings is 3.